The van der Waals surface area contributed by atoms with Crippen LogP contribution in [0.4, 0.5) is 0 Å². The molecular weight excluding hydrogens is 363 g/mol. The second-order valence-electron chi connectivity index (χ2n) is 5.65. The molecule has 0 fully saturated rings. The largest absolute Gasteiger partial charge is 0.566 e. The van der Waals surface area contributed by atoms with Gasteiger partial charge in [-0.25, -0.2) is 0 Å². The zero-order valence-electron chi connectivity index (χ0n) is 13.4. The second-order valence-corrected chi connectivity index (χ2v) is 7.86. The van der Waals surface area contributed by atoms with Crippen LogP contribution in [0.25, 0.3) is 0 Å². The summed E-state index contributed by atoms with van der Waals surface area (Å²) in [6.07, 6.45) is 1.60. The van der Waals surface area contributed by atoms with Crippen LogP contribution in [0.2, 0.25) is 0 Å². The van der Waals surface area contributed by atoms with Crippen LogP contribution in [0, 0.1) is 0 Å². The fraction of sp³-hybridized carbons (Fsp3) is 0.294. The molecular formula is C17H19O6PS. The molecule has 8 heteroatoms. The summed E-state index contributed by atoms with van der Waals surface area (Å²) in [4.78, 5) is 10.5. The highest BCUT2D eigenvalue weighted by Crippen LogP contribution is 2.22. The van der Waals surface area contributed by atoms with Crippen molar-refractivity contribution < 1.29 is 27.0 Å². The number of hydrogen-bond donors (Lipinski definition) is 1. The minimum atomic E-state index is -4.57. The van der Waals surface area contributed by atoms with Crippen LogP contribution >= 0.6 is 8.25 Å². The highest BCUT2D eigenvalue weighted by atomic mass is 32.2. The third kappa shape index (κ3) is 7.02. The number of rotatable bonds is 9. The van der Waals surface area contributed by atoms with Crippen LogP contribution in [0.1, 0.15) is 29.5 Å². The first-order valence-electron chi connectivity index (χ1n) is 7.74. The summed E-state index contributed by atoms with van der Waals surface area (Å²) in [5.74, 6) is 0. The van der Waals surface area contributed by atoms with Gasteiger partial charge in [-0.3, -0.25) is 4.55 Å². The van der Waals surface area contributed by atoms with E-state index in [0.29, 0.717) is 12.8 Å². The lowest BCUT2D eigenvalue weighted by Crippen LogP contribution is -2.22. The molecule has 2 atom stereocenters. The van der Waals surface area contributed by atoms with Crippen molar-refractivity contribution in [3.8, 4) is 0 Å². The lowest BCUT2D eigenvalue weighted by atomic mass is 10.0. The van der Waals surface area contributed by atoms with Gasteiger partial charge >= 0.3 is 8.25 Å². The second kappa shape index (κ2) is 9.17. The van der Waals surface area contributed by atoms with E-state index in [0.717, 1.165) is 17.5 Å². The molecule has 0 aliphatic heterocycles. The van der Waals surface area contributed by atoms with Gasteiger partial charge in [0.05, 0.1) is 0 Å². The maximum absolute atomic E-state index is 11.1. The van der Waals surface area contributed by atoms with E-state index < -0.39 is 23.8 Å². The highest BCUT2D eigenvalue weighted by molar-refractivity contribution is 7.86. The van der Waals surface area contributed by atoms with Crippen molar-refractivity contribution in [2.24, 2.45) is 0 Å². The fourth-order valence-electron chi connectivity index (χ4n) is 2.55. The normalized spacial score (nSPS) is 13.4. The van der Waals surface area contributed by atoms with Crippen molar-refractivity contribution in [2.75, 3.05) is 0 Å². The number of hydrogen-bond acceptors (Lipinski definition) is 5. The van der Waals surface area contributed by atoms with E-state index in [9.17, 15) is 17.9 Å². The van der Waals surface area contributed by atoms with Crippen LogP contribution < -0.4 is 4.89 Å². The lowest BCUT2D eigenvalue weighted by Gasteiger charge is -2.09. The van der Waals surface area contributed by atoms with Gasteiger partial charge in [0.15, 0.2) is 0 Å². The molecule has 0 aliphatic carbocycles. The molecule has 0 spiro atoms. The van der Waals surface area contributed by atoms with Gasteiger partial charge in [0.2, 0.25) is 5.44 Å². The summed E-state index contributed by atoms with van der Waals surface area (Å²) in [6, 6.07) is 17.9. The molecule has 0 radical (unpaired) electrons. The Bertz CT molecular complexity index is 807. The summed E-state index contributed by atoms with van der Waals surface area (Å²) in [7, 11) is -7.92. The molecule has 134 valence electrons. The summed E-state index contributed by atoms with van der Waals surface area (Å²) in [5.41, 5.74) is 1.59. The van der Waals surface area contributed by atoms with Crippen molar-refractivity contribution in [1.29, 1.82) is 0 Å². The molecule has 0 aliphatic rings. The predicted molar refractivity (Wildman–Crippen MR) is 92.7 cm³/mol. The molecule has 0 saturated carbocycles. The molecule has 0 aromatic heterocycles. The van der Waals surface area contributed by atoms with E-state index in [4.69, 9.17) is 4.55 Å². The molecule has 1 N–H and O–H groups in total. The Morgan fingerprint density at radius 1 is 1.04 bits per heavy atom. The monoisotopic (exact) mass is 382 g/mol. The first kappa shape index (κ1) is 19.7. The number of benzene rings is 2. The Morgan fingerprint density at radius 3 is 2.32 bits per heavy atom. The predicted octanol–water partition coefficient (Wildman–Crippen LogP) is 2.85. The summed E-state index contributed by atoms with van der Waals surface area (Å²) < 4.78 is 46.1. The summed E-state index contributed by atoms with van der Waals surface area (Å²) >= 11 is 0. The third-order valence-corrected chi connectivity index (χ3v) is 5.25. The number of aryl methyl sites for hydroxylation is 1. The Kier molecular flexibility index (Phi) is 7.23. The Labute approximate surface area is 148 Å². The van der Waals surface area contributed by atoms with Crippen LogP contribution in [-0.4, -0.2) is 18.4 Å². The van der Waals surface area contributed by atoms with Crippen molar-refractivity contribution >= 4 is 18.4 Å². The first-order chi connectivity index (χ1) is 11.8. The van der Waals surface area contributed by atoms with E-state index in [1.807, 2.05) is 54.6 Å². The zero-order chi connectivity index (χ0) is 18.3. The Morgan fingerprint density at radius 2 is 1.68 bits per heavy atom. The van der Waals surface area contributed by atoms with Gasteiger partial charge in [-0.15, -0.1) is 4.52 Å². The van der Waals surface area contributed by atoms with Crippen molar-refractivity contribution in [3.63, 3.8) is 0 Å². The maximum Gasteiger partial charge on any atom is 0.489 e. The summed E-state index contributed by atoms with van der Waals surface area (Å²) in [6.45, 7) is 0. The molecule has 2 unspecified atom stereocenters. The van der Waals surface area contributed by atoms with Crippen molar-refractivity contribution in [1.82, 2.24) is 0 Å². The van der Waals surface area contributed by atoms with E-state index in [2.05, 4.69) is 4.52 Å². The topological polar surface area (TPSA) is 104 Å². The molecule has 2 rings (SSSR count). The van der Waals surface area contributed by atoms with E-state index in [1.54, 1.807) is 0 Å². The van der Waals surface area contributed by atoms with Gasteiger partial charge in [0.1, 0.15) is 0 Å². The molecule has 2 aromatic carbocycles. The quantitative estimate of drug-likeness (QED) is 0.528. The van der Waals surface area contributed by atoms with Gasteiger partial charge < -0.3 is 4.89 Å². The van der Waals surface area contributed by atoms with Crippen molar-refractivity contribution in [3.05, 3.63) is 71.3 Å². The molecule has 0 saturated heterocycles. The lowest BCUT2D eigenvalue weighted by molar-refractivity contribution is -0.187. The molecule has 2 aromatic rings. The van der Waals surface area contributed by atoms with Crippen LogP contribution in [-0.2, 0) is 32.0 Å². The van der Waals surface area contributed by atoms with Gasteiger partial charge in [-0.05, 0) is 46.9 Å². The smallest absolute Gasteiger partial charge is 0.489 e. The first-order valence-corrected chi connectivity index (χ1v) is 10.3. The SMILES string of the molecule is O=[P+]([O-])OC(CCCc1cccc(Cc2ccccc2)c1)S(=O)(=O)O. The molecule has 0 heterocycles. The minimum absolute atomic E-state index is 0.106. The minimum Gasteiger partial charge on any atom is -0.566 e. The van der Waals surface area contributed by atoms with Gasteiger partial charge in [-0.2, -0.15) is 8.42 Å². The van der Waals surface area contributed by atoms with Gasteiger partial charge in [-0.1, -0.05) is 54.6 Å². The van der Waals surface area contributed by atoms with E-state index in [-0.39, 0.29) is 6.42 Å². The molecule has 6 nitrogen and oxygen atoms in total. The van der Waals surface area contributed by atoms with Crippen molar-refractivity contribution in [2.45, 2.75) is 31.1 Å². The molecule has 0 bridgehead atoms. The van der Waals surface area contributed by atoms with Crippen LogP contribution in [0.15, 0.2) is 54.6 Å². The van der Waals surface area contributed by atoms with Crippen LogP contribution in [0.5, 0.6) is 0 Å². The average molecular weight is 382 g/mol. The Hall–Kier alpha value is -1.63. The van der Waals surface area contributed by atoms with Gasteiger partial charge in [0, 0.05) is 0 Å². The Balaban J connectivity index is 1.94. The zero-order valence-corrected chi connectivity index (χ0v) is 15.2. The average Bonchev–Trinajstić information content (AvgIpc) is 2.54. The third-order valence-electron chi connectivity index (χ3n) is 3.68. The standard InChI is InChI=1S/C17H19O6PS/c18-24(19)23-17(25(20,21)22)11-5-9-15-8-4-10-16(13-15)12-14-6-2-1-3-7-14/h1-4,6-8,10,13,17H,5,9,11-12H2,(H,20,21,22). The highest BCUT2D eigenvalue weighted by Gasteiger charge is 2.29. The molecule has 0 amide bonds. The van der Waals surface area contributed by atoms with E-state index >= 15 is 0 Å². The van der Waals surface area contributed by atoms with Crippen LogP contribution in [0.3, 0.4) is 0 Å². The van der Waals surface area contributed by atoms with E-state index in [1.165, 1.54) is 5.56 Å². The fourth-order valence-corrected chi connectivity index (χ4v) is 3.96. The maximum atomic E-state index is 11.1. The van der Waals surface area contributed by atoms with Gasteiger partial charge in [0.25, 0.3) is 10.1 Å². The molecule has 25 heavy (non-hydrogen) atoms. The summed E-state index contributed by atoms with van der Waals surface area (Å²) in [5, 5.41) is 0.